The number of hydrogen-bond donors (Lipinski definition) is 4. The van der Waals surface area contributed by atoms with Crippen LogP contribution in [-0.4, -0.2) is 56.6 Å². The maximum Gasteiger partial charge on any atom is 0.203 e. The summed E-state index contributed by atoms with van der Waals surface area (Å²) >= 11 is 0. The van der Waals surface area contributed by atoms with Gasteiger partial charge in [-0.3, -0.25) is 28.5 Å². The van der Waals surface area contributed by atoms with Crippen LogP contribution in [0.1, 0.15) is 24.2 Å². The van der Waals surface area contributed by atoms with Crippen LogP contribution >= 0.6 is 10.8 Å². The minimum atomic E-state index is -3.01. The van der Waals surface area contributed by atoms with Gasteiger partial charge in [0.2, 0.25) is 5.82 Å². The highest BCUT2D eigenvalue weighted by Gasteiger charge is 2.31. The molecule has 5 heterocycles. The number of fused-ring (bicyclic) bond motifs is 1. The number of nitrogens with one attached hydrogen (secondary N) is 1. The van der Waals surface area contributed by atoms with Gasteiger partial charge in [0.15, 0.2) is 17.3 Å². The third-order valence-electron chi connectivity index (χ3n) is 5.48. The fraction of sp³-hybridized carbons (Fsp3) is 0.286. The van der Waals surface area contributed by atoms with Crippen molar-refractivity contribution in [3.05, 3.63) is 54.2 Å². The van der Waals surface area contributed by atoms with Gasteiger partial charge in [0, 0.05) is 36.9 Å². The maximum absolute atomic E-state index is 10.9. The fourth-order valence-corrected chi connectivity index (χ4v) is 5.48. The molecular weight excluding hydrogens is 430 g/mol. The molecule has 5 rings (SSSR count). The molecule has 0 spiro atoms. The average molecular weight is 454 g/mol. The van der Waals surface area contributed by atoms with Crippen molar-refractivity contribution in [1.29, 1.82) is 0 Å². The Morgan fingerprint density at radius 1 is 1.03 bits per heavy atom. The van der Waals surface area contributed by atoms with E-state index in [0.29, 0.717) is 35.5 Å². The summed E-state index contributed by atoms with van der Waals surface area (Å²) in [5, 5.41) is 18.6. The minimum absolute atomic E-state index is 0.141. The molecule has 4 N–H and O–H groups in total. The number of hydrogen-bond acceptors (Lipinski definition) is 9. The lowest BCUT2D eigenvalue weighted by Crippen LogP contribution is -2.35. The lowest BCUT2D eigenvalue weighted by Gasteiger charge is -2.47. The molecule has 1 aliphatic heterocycles. The summed E-state index contributed by atoms with van der Waals surface area (Å²) in [7, 11) is -3.01. The lowest BCUT2D eigenvalue weighted by molar-refractivity contribution is 0.466. The maximum atomic E-state index is 10.9. The number of aromatic hydroxyl groups is 1. The van der Waals surface area contributed by atoms with Crippen LogP contribution in [0.3, 0.4) is 0 Å². The Balaban J connectivity index is 1.53. The number of pyridine rings is 3. The van der Waals surface area contributed by atoms with Crippen LogP contribution in [0.15, 0.2) is 42.9 Å². The number of aromatic amines is 1. The normalized spacial score (nSPS) is 16.9. The molecule has 1 fully saturated rings. The van der Waals surface area contributed by atoms with Crippen molar-refractivity contribution in [2.75, 3.05) is 16.6 Å². The Bertz CT molecular complexity index is 1250. The number of nitrogens with zero attached hydrogens (tertiary/aromatic N) is 6. The molecule has 11 heteroatoms. The topological polar surface area (TPSA) is 144 Å². The summed E-state index contributed by atoms with van der Waals surface area (Å²) in [5.74, 6) is 1.39. The summed E-state index contributed by atoms with van der Waals surface area (Å²) in [6.07, 6.45) is 8.01. The highest BCUT2D eigenvalue weighted by atomic mass is 32.3. The Morgan fingerprint density at radius 3 is 2.69 bits per heavy atom. The number of H-pyrrole nitrogens is 1. The van der Waals surface area contributed by atoms with E-state index in [-0.39, 0.29) is 23.0 Å². The second-order valence-corrected chi connectivity index (χ2v) is 9.75. The first kappa shape index (κ1) is 20.6. The number of aromatic nitrogens is 6. The summed E-state index contributed by atoms with van der Waals surface area (Å²) in [4.78, 5) is 17.5. The number of aryl methyl sites for hydroxylation is 2. The second-order valence-electron chi connectivity index (χ2n) is 7.64. The van der Waals surface area contributed by atoms with Crippen molar-refractivity contribution in [2.24, 2.45) is 0 Å². The van der Waals surface area contributed by atoms with Crippen LogP contribution in [0.5, 0.6) is 5.75 Å². The van der Waals surface area contributed by atoms with Gasteiger partial charge in [-0.05, 0) is 49.1 Å². The van der Waals surface area contributed by atoms with Gasteiger partial charge in [0.25, 0.3) is 0 Å². The molecule has 0 aliphatic carbocycles. The molecule has 0 bridgehead atoms. The molecule has 32 heavy (non-hydrogen) atoms. The summed E-state index contributed by atoms with van der Waals surface area (Å²) < 4.78 is 22.8. The molecule has 0 amide bonds. The van der Waals surface area contributed by atoms with E-state index in [9.17, 15) is 14.2 Å². The SMILES string of the molecule is Oc1c(-c2n[nH]c(CCc3ccncc3)n2)nc(N2CCCCS2(O)O)c2cccnc12. The molecule has 4 aromatic rings. The number of rotatable bonds is 5. The molecule has 166 valence electrons. The predicted molar refractivity (Wildman–Crippen MR) is 123 cm³/mol. The van der Waals surface area contributed by atoms with E-state index in [1.807, 2.05) is 12.1 Å². The molecule has 0 radical (unpaired) electrons. The first-order valence-electron chi connectivity index (χ1n) is 10.3. The van der Waals surface area contributed by atoms with Crippen LogP contribution < -0.4 is 4.31 Å². The Labute approximate surface area is 185 Å². The first-order valence-corrected chi connectivity index (χ1v) is 12.0. The predicted octanol–water partition coefficient (Wildman–Crippen LogP) is 3.57. The second kappa shape index (κ2) is 8.34. The van der Waals surface area contributed by atoms with Gasteiger partial charge in [-0.25, -0.2) is 9.97 Å². The van der Waals surface area contributed by atoms with E-state index in [4.69, 9.17) is 0 Å². The van der Waals surface area contributed by atoms with Crippen LogP contribution in [-0.2, 0) is 12.8 Å². The Morgan fingerprint density at radius 2 is 1.88 bits per heavy atom. The van der Waals surface area contributed by atoms with Crippen molar-refractivity contribution in [2.45, 2.75) is 25.7 Å². The van der Waals surface area contributed by atoms with Gasteiger partial charge in [-0.15, -0.1) is 10.8 Å². The standard InChI is InChI=1S/C21H23N7O3S/c29-19-17-15(4-3-9-23-17)21(28-12-1-2-13-32(28,30)31)25-18(19)20-24-16(26-27-20)6-5-14-7-10-22-11-8-14/h3-4,7-11,29-31H,1-2,5-6,12-13H2,(H,24,26,27). The van der Waals surface area contributed by atoms with Gasteiger partial charge >= 0.3 is 0 Å². The summed E-state index contributed by atoms with van der Waals surface area (Å²) in [5.41, 5.74) is 1.60. The third-order valence-corrected chi connectivity index (χ3v) is 7.37. The molecule has 1 saturated heterocycles. The van der Waals surface area contributed by atoms with E-state index in [1.165, 1.54) is 4.31 Å². The molecule has 10 nitrogen and oxygen atoms in total. The highest BCUT2D eigenvalue weighted by molar-refractivity contribution is 8.25. The van der Waals surface area contributed by atoms with Crippen molar-refractivity contribution in [3.63, 3.8) is 0 Å². The summed E-state index contributed by atoms with van der Waals surface area (Å²) in [6, 6.07) is 7.38. The van der Waals surface area contributed by atoms with Crippen LogP contribution in [0.2, 0.25) is 0 Å². The van der Waals surface area contributed by atoms with Gasteiger partial charge in [-0.2, -0.15) is 5.10 Å². The summed E-state index contributed by atoms with van der Waals surface area (Å²) in [6.45, 7) is 0.453. The van der Waals surface area contributed by atoms with Crippen molar-refractivity contribution >= 4 is 27.5 Å². The molecule has 0 atom stereocenters. The van der Waals surface area contributed by atoms with E-state index >= 15 is 0 Å². The van der Waals surface area contributed by atoms with Crippen molar-refractivity contribution in [3.8, 4) is 17.3 Å². The van der Waals surface area contributed by atoms with Gasteiger partial charge in [0.05, 0.1) is 5.75 Å². The molecule has 0 unspecified atom stereocenters. The fourth-order valence-electron chi connectivity index (χ4n) is 3.83. The molecule has 1 aliphatic rings. The largest absolute Gasteiger partial charge is 0.504 e. The average Bonchev–Trinajstić information content (AvgIpc) is 3.28. The van der Waals surface area contributed by atoms with E-state index in [2.05, 4.69) is 30.1 Å². The Kier molecular flexibility index (Phi) is 5.37. The number of anilines is 1. The highest BCUT2D eigenvalue weighted by Crippen LogP contribution is 2.51. The molecule has 0 saturated carbocycles. The molecule has 0 aromatic carbocycles. The van der Waals surface area contributed by atoms with Crippen LogP contribution in [0, 0.1) is 0 Å². The zero-order valence-electron chi connectivity index (χ0n) is 17.2. The molecular formula is C21H23N7O3S. The first-order chi connectivity index (χ1) is 15.5. The van der Waals surface area contributed by atoms with Crippen LogP contribution in [0.4, 0.5) is 5.82 Å². The van der Waals surface area contributed by atoms with Gasteiger partial charge < -0.3 is 5.11 Å². The van der Waals surface area contributed by atoms with Crippen molar-refractivity contribution in [1.82, 2.24) is 30.1 Å². The lowest BCUT2D eigenvalue weighted by atomic mass is 10.1. The molecule has 4 aromatic heterocycles. The zero-order valence-corrected chi connectivity index (χ0v) is 18.0. The third kappa shape index (κ3) is 3.85. The smallest absolute Gasteiger partial charge is 0.203 e. The van der Waals surface area contributed by atoms with Crippen LogP contribution in [0.25, 0.3) is 22.4 Å². The Hall–Kier alpha value is -3.28. The van der Waals surface area contributed by atoms with E-state index < -0.39 is 10.8 Å². The zero-order chi connectivity index (χ0) is 22.1. The van der Waals surface area contributed by atoms with Gasteiger partial charge in [0.1, 0.15) is 11.3 Å². The van der Waals surface area contributed by atoms with E-state index in [0.717, 1.165) is 24.8 Å². The van der Waals surface area contributed by atoms with E-state index in [1.54, 1.807) is 30.7 Å². The van der Waals surface area contributed by atoms with Gasteiger partial charge in [-0.1, -0.05) is 0 Å². The monoisotopic (exact) mass is 453 g/mol. The minimum Gasteiger partial charge on any atom is -0.504 e. The quantitative estimate of drug-likeness (QED) is 0.356. The van der Waals surface area contributed by atoms with Crippen molar-refractivity contribution < 1.29 is 14.2 Å².